The lowest BCUT2D eigenvalue weighted by atomic mass is 10.1. The van der Waals surface area contributed by atoms with E-state index in [0.29, 0.717) is 17.2 Å². The van der Waals surface area contributed by atoms with Crippen LogP contribution in [-0.2, 0) is 4.79 Å². The first-order valence-corrected chi connectivity index (χ1v) is 8.26. The Hall–Kier alpha value is -2.52. The van der Waals surface area contributed by atoms with Crippen molar-refractivity contribution < 1.29 is 9.53 Å². The predicted octanol–water partition coefficient (Wildman–Crippen LogP) is 5.29. The number of amides is 1. The van der Waals surface area contributed by atoms with Gasteiger partial charge in [-0.25, -0.2) is 0 Å². The van der Waals surface area contributed by atoms with E-state index in [4.69, 9.17) is 16.3 Å². The summed E-state index contributed by atoms with van der Waals surface area (Å²) in [6.45, 7) is 1.91. The van der Waals surface area contributed by atoms with Crippen LogP contribution < -0.4 is 10.1 Å². The summed E-state index contributed by atoms with van der Waals surface area (Å²) in [7, 11) is 0. The van der Waals surface area contributed by atoms with Gasteiger partial charge in [0.1, 0.15) is 5.75 Å². The SMILES string of the molecule is CC[C@H](Oc1ccccc1Cl)C(=O)Nc1cccc2ccccc12. The zero-order valence-electron chi connectivity index (χ0n) is 13.3. The molecule has 3 nitrogen and oxygen atoms in total. The fraction of sp³-hybridized carbons (Fsp3) is 0.150. The number of carbonyl (C=O) groups is 1. The van der Waals surface area contributed by atoms with Gasteiger partial charge < -0.3 is 10.1 Å². The number of fused-ring (bicyclic) bond motifs is 1. The van der Waals surface area contributed by atoms with E-state index in [1.54, 1.807) is 12.1 Å². The molecule has 3 aromatic carbocycles. The highest BCUT2D eigenvalue weighted by molar-refractivity contribution is 6.32. The van der Waals surface area contributed by atoms with Crippen LogP contribution >= 0.6 is 11.6 Å². The maximum atomic E-state index is 12.6. The second kappa shape index (κ2) is 7.37. The van der Waals surface area contributed by atoms with E-state index in [1.807, 2.05) is 61.5 Å². The van der Waals surface area contributed by atoms with Gasteiger partial charge in [0.25, 0.3) is 5.91 Å². The Morgan fingerprint density at radius 3 is 2.54 bits per heavy atom. The second-order valence-electron chi connectivity index (χ2n) is 5.46. The van der Waals surface area contributed by atoms with Gasteiger partial charge in [-0.15, -0.1) is 0 Å². The Morgan fingerprint density at radius 1 is 1.04 bits per heavy atom. The molecule has 0 saturated carbocycles. The van der Waals surface area contributed by atoms with Crippen LogP contribution in [0.4, 0.5) is 5.69 Å². The molecule has 0 spiro atoms. The Labute approximate surface area is 146 Å². The molecule has 0 saturated heterocycles. The number of hydrogen-bond acceptors (Lipinski definition) is 2. The molecule has 0 unspecified atom stereocenters. The summed E-state index contributed by atoms with van der Waals surface area (Å²) in [6.07, 6.45) is -0.0641. The van der Waals surface area contributed by atoms with E-state index in [-0.39, 0.29) is 5.91 Å². The van der Waals surface area contributed by atoms with E-state index < -0.39 is 6.10 Å². The highest BCUT2D eigenvalue weighted by atomic mass is 35.5. The van der Waals surface area contributed by atoms with Crippen molar-refractivity contribution in [3.63, 3.8) is 0 Å². The average molecular weight is 340 g/mol. The smallest absolute Gasteiger partial charge is 0.265 e. The van der Waals surface area contributed by atoms with Crippen molar-refractivity contribution in [2.45, 2.75) is 19.4 Å². The molecule has 0 aliphatic heterocycles. The Balaban J connectivity index is 1.80. The van der Waals surface area contributed by atoms with Crippen molar-refractivity contribution in [3.8, 4) is 5.75 Å². The van der Waals surface area contributed by atoms with E-state index in [9.17, 15) is 4.79 Å². The Kier molecular flexibility index (Phi) is 5.02. The molecule has 3 rings (SSSR count). The average Bonchev–Trinajstić information content (AvgIpc) is 2.61. The molecule has 0 aliphatic carbocycles. The number of halogens is 1. The number of hydrogen-bond donors (Lipinski definition) is 1. The predicted molar refractivity (Wildman–Crippen MR) is 98.7 cm³/mol. The van der Waals surface area contributed by atoms with Gasteiger partial charge in [0.2, 0.25) is 0 Å². The largest absolute Gasteiger partial charge is 0.479 e. The molecule has 0 aliphatic rings. The summed E-state index contributed by atoms with van der Waals surface area (Å²) in [5.74, 6) is 0.327. The van der Waals surface area contributed by atoms with Gasteiger partial charge in [0.15, 0.2) is 6.10 Å². The molecule has 24 heavy (non-hydrogen) atoms. The van der Waals surface area contributed by atoms with E-state index in [0.717, 1.165) is 16.5 Å². The molecule has 4 heteroatoms. The molecule has 0 heterocycles. The quantitative estimate of drug-likeness (QED) is 0.686. The number of carbonyl (C=O) groups excluding carboxylic acids is 1. The van der Waals surface area contributed by atoms with E-state index in [2.05, 4.69) is 5.32 Å². The first-order valence-electron chi connectivity index (χ1n) is 7.89. The number of nitrogens with one attached hydrogen (secondary N) is 1. The molecule has 1 atom stereocenters. The lowest BCUT2D eigenvalue weighted by Gasteiger charge is -2.18. The zero-order chi connectivity index (χ0) is 16.9. The number of benzene rings is 3. The molecule has 0 aromatic heterocycles. The van der Waals surface area contributed by atoms with E-state index >= 15 is 0 Å². The maximum Gasteiger partial charge on any atom is 0.265 e. The van der Waals surface area contributed by atoms with Crippen molar-refractivity contribution in [3.05, 3.63) is 71.8 Å². The van der Waals surface area contributed by atoms with Crippen LogP contribution in [0.1, 0.15) is 13.3 Å². The van der Waals surface area contributed by atoms with Crippen molar-refractivity contribution >= 4 is 34.0 Å². The molecule has 1 N–H and O–H groups in total. The number of rotatable bonds is 5. The molecule has 3 aromatic rings. The summed E-state index contributed by atoms with van der Waals surface area (Å²) in [5, 5.41) is 5.54. The van der Waals surface area contributed by atoms with Crippen molar-refractivity contribution in [2.75, 3.05) is 5.32 Å². The molecule has 0 bridgehead atoms. The van der Waals surface area contributed by atoms with Gasteiger partial charge >= 0.3 is 0 Å². The van der Waals surface area contributed by atoms with Crippen LogP contribution in [0.25, 0.3) is 10.8 Å². The summed E-state index contributed by atoms with van der Waals surface area (Å²) < 4.78 is 5.80. The van der Waals surface area contributed by atoms with Crippen LogP contribution in [0.2, 0.25) is 5.02 Å². The first kappa shape index (κ1) is 16.3. The Morgan fingerprint density at radius 2 is 1.75 bits per heavy atom. The molecule has 0 radical (unpaired) electrons. The molecule has 1 amide bonds. The molecular weight excluding hydrogens is 322 g/mol. The minimum absolute atomic E-state index is 0.186. The second-order valence-corrected chi connectivity index (χ2v) is 5.87. The lowest BCUT2D eigenvalue weighted by Crippen LogP contribution is -2.32. The van der Waals surface area contributed by atoms with Crippen LogP contribution in [0.15, 0.2) is 66.7 Å². The van der Waals surface area contributed by atoms with Crippen LogP contribution in [0, 0.1) is 0 Å². The normalized spacial score (nSPS) is 11.9. The fourth-order valence-corrected chi connectivity index (χ4v) is 2.74. The van der Waals surface area contributed by atoms with Crippen molar-refractivity contribution in [1.29, 1.82) is 0 Å². The van der Waals surface area contributed by atoms with Gasteiger partial charge in [-0.3, -0.25) is 4.79 Å². The van der Waals surface area contributed by atoms with Crippen molar-refractivity contribution in [1.82, 2.24) is 0 Å². The minimum Gasteiger partial charge on any atom is -0.479 e. The topological polar surface area (TPSA) is 38.3 Å². The minimum atomic E-state index is -0.608. The maximum absolute atomic E-state index is 12.6. The zero-order valence-corrected chi connectivity index (χ0v) is 14.1. The van der Waals surface area contributed by atoms with Gasteiger partial charge in [-0.1, -0.05) is 67.1 Å². The molecule has 122 valence electrons. The number of ether oxygens (including phenoxy) is 1. The van der Waals surface area contributed by atoms with Crippen LogP contribution in [0.5, 0.6) is 5.75 Å². The van der Waals surface area contributed by atoms with E-state index in [1.165, 1.54) is 0 Å². The third kappa shape index (κ3) is 3.52. The third-order valence-corrected chi connectivity index (χ3v) is 4.13. The van der Waals surface area contributed by atoms with Gasteiger partial charge in [-0.2, -0.15) is 0 Å². The summed E-state index contributed by atoms with van der Waals surface area (Å²) in [6, 6.07) is 20.9. The monoisotopic (exact) mass is 339 g/mol. The van der Waals surface area contributed by atoms with Crippen LogP contribution in [0.3, 0.4) is 0 Å². The standard InChI is InChI=1S/C20H18ClNO2/c1-2-18(24-19-13-6-5-11-16(19)21)20(23)22-17-12-7-9-14-8-3-4-10-15(14)17/h3-13,18H,2H2,1H3,(H,22,23)/t18-/m0/s1. The van der Waals surface area contributed by atoms with Gasteiger partial charge in [0.05, 0.1) is 5.02 Å². The van der Waals surface area contributed by atoms with Gasteiger partial charge in [-0.05, 0) is 30.0 Å². The first-order chi connectivity index (χ1) is 11.7. The molecular formula is C20H18ClNO2. The fourth-order valence-electron chi connectivity index (χ4n) is 2.56. The van der Waals surface area contributed by atoms with Crippen LogP contribution in [-0.4, -0.2) is 12.0 Å². The highest BCUT2D eigenvalue weighted by Crippen LogP contribution is 2.26. The highest BCUT2D eigenvalue weighted by Gasteiger charge is 2.20. The molecule has 0 fully saturated rings. The Bertz CT molecular complexity index is 858. The summed E-state index contributed by atoms with van der Waals surface area (Å²) in [4.78, 5) is 12.6. The lowest BCUT2D eigenvalue weighted by molar-refractivity contribution is -0.122. The number of anilines is 1. The number of para-hydroxylation sites is 1. The third-order valence-electron chi connectivity index (χ3n) is 3.82. The van der Waals surface area contributed by atoms with Crippen molar-refractivity contribution in [2.24, 2.45) is 0 Å². The summed E-state index contributed by atoms with van der Waals surface area (Å²) in [5.41, 5.74) is 0.777. The van der Waals surface area contributed by atoms with Gasteiger partial charge in [0, 0.05) is 11.1 Å². The summed E-state index contributed by atoms with van der Waals surface area (Å²) >= 11 is 6.11.